The van der Waals surface area contributed by atoms with Crippen molar-refractivity contribution in [2.24, 2.45) is 4.99 Å². The van der Waals surface area contributed by atoms with E-state index in [0.717, 1.165) is 12.2 Å². The zero-order valence-corrected chi connectivity index (χ0v) is 5.44. The second-order valence-corrected chi connectivity index (χ2v) is 1.44. The van der Waals surface area contributed by atoms with Crippen LogP contribution in [-0.2, 0) is 0 Å². The molecule has 0 fully saturated rings. The molecule has 0 saturated carbocycles. The van der Waals surface area contributed by atoms with E-state index in [-0.39, 0.29) is 0 Å². The topological polar surface area (TPSA) is 24.4 Å². The van der Waals surface area contributed by atoms with Gasteiger partial charge in [-0.25, -0.2) is 0 Å². The molecular weight excluding hydrogens is 100 g/mol. The Kier molecular flexibility index (Phi) is 3.94. The van der Waals surface area contributed by atoms with Gasteiger partial charge in [0.2, 0.25) is 0 Å². The lowest BCUT2D eigenvalue weighted by Gasteiger charge is -1.97. The van der Waals surface area contributed by atoms with Crippen molar-refractivity contribution >= 4 is 6.21 Å². The van der Waals surface area contributed by atoms with Crippen molar-refractivity contribution in [1.29, 1.82) is 0 Å². The number of aliphatic imine (C=N–C) groups is 1. The highest BCUT2D eigenvalue weighted by Gasteiger charge is 1.78. The van der Waals surface area contributed by atoms with E-state index in [2.05, 4.69) is 16.9 Å². The predicted molar refractivity (Wildman–Crippen MR) is 37.2 cm³/mol. The normalized spacial score (nSPS) is 9.75. The molecule has 0 rings (SSSR count). The number of nitrogens with zero attached hydrogens (tertiary/aromatic N) is 1. The third-order valence-electron chi connectivity index (χ3n) is 0.689. The van der Waals surface area contributed by atoms with Gasteiger partial charge in [0, 0.05) is 25.5 Å². The summed E-state index contributed by atoms with van der Waals surface area (Å²) < 4.78 is 0. The van der Waals surface area contributed by atoms with E-state index < -0.39 is 0 Å². The molecule has 0 amide bonds. The highest BCUT2D eigenvalue weighted by atomic mass is 14.9. The first-order chi connectivity index (χ1) is 3.81. The van der Waals surface area contributed by atoms with E-state index in [1.54, 1.807) is 13.3 Å². The predicted octanol–water partition coefficient (Wildman–Crippen LogP) is 0.810. The van der Waals surface area contributed by atoms with Crippen LogP contribution < -0.4 is 5.32 Å². The first-order valence-corrected chi connectivity index (χ1v) is 2.66. The van der Waals surface area contributed by atoms with Gasteiger partial charge >= 0.3 is 0 Å². The van der Waals surface area contributed by atoms with Crippen molar-refractivity contribution < 1.29 is 0 Å². The summed E-state index contributed by atoms with van der Waals surface area (Å²) in [5.74, 6) is 0. The minimum Gasteiger partial charge on any atom is -0.385 e. The van der Waals surface area contributed by atoms with E-state index in [1.807, 2.05) is 6.92 Å². The van der Waals surface area contributed by atoms with Gasteiger partial charge in [0.1, 0.15) is 0 Å². The van der Waals surface area contributed by atoms with Gasteiger partial charge in [-0.3, -0.25) is 4.99 Å². The third-order valence-corrected chi connectivity index (χ3v) is 0.689. The monoisotopic (exact) mass is 112 g/mol. The molecule has 0 spiro atoms. The Morgan fingerprint density at radius 1 is 1.88 bits per heavy atom. The minimum atomic E-state index is 0.870. The highest BCUT2D eigenvalue weighted by Crippen LogP contribution is 1.73. The van der Waals surface area contributed by atoms with Gasteiger partial charge in [0.05, 0.1) is 0 Å². The largest absolute Gasteiger partial charge is 0.385 e. The zero-order chi connectivity index (χ0) is 6.41. The Bertz CT molecular complexity index is 94.7. The van der Waals surface area contributed by atoms with Crippen molar-refractivity contribution in [2.75, 3.05) is 13.6 Å². The molecule has 46 valence electrons. The summed E-state index contributed by atoms with van der Waals surface area (Å²) in [6.07, 6.45) is 1.70. The summed E-state index contributed by atoms with van der Waals surface area (Å²) in [5.41, 5.74) is 0.870. The van der Waals surface area contributed by atoms with Crippen LogP contribution in [0.25, 0.3) is 0 Å². The highest BCUT2D eigenvalue weighted by molar-refractivity contribution is 5.76. The molecule has 8 heavy (non-hydrogen) atoms. The van der Waals surface area contributed by atoms with Crippen LogP contribution in [0.15, 0.2) is 17.3 Å². The van der Waals surface area contributed by atoms with Crippen LogP contribution in [0.3, 0.4) is 0 Å². The van der Waals surface area contributed by atoms with Crippen molar-refractivity contribution in [2.45, 2.75) is 6.92 Å². The smallest absolute Gasteiger partial charge is 0.0448 e. The van der Waals surface area contributed by atoms with Crippen LogP contribution in [0.1, 0.15) is 6.92 Å². The molecule has 0 radical (unpaired) electrons. The Morgan fingerprint density at radius 2 is 2.50 bits per heavy atom. The van der Waals surface area contributed by atoms with Crippen molar-refractivity contribution in [3.8, 4) is 0 Å². The molecule has 2 nitrogen and oxygen atoms in total. The third kappa shape index (κ3) is 3.40. The second kappa shape index (κ2) is 4.37. The second-order valence-electron chi connectivity index (χ2n) is 1.44. The SMILES string of the molecule is C=C(/C=N\C)NCC. The molecule has 0 aromatic rings. The molecule has 0 aliphatic heterocycles. The lowest BCUT2D eigenvalue weighted by Crippen LogP contribution is -2.11. The van der Waals surface area contributed by atoms with Gasteiger partial charge in [-0.15, -0.1) is 0 Å². The van der Waals surface area contributed by atoms with Crippen molar-refractivity contribution in [3.63, 3.8) is 0 Å². The summed E-state index contributed by atoms with van der Waals surface area (Å²) in [7, 11) is 1.72. The first kappa shape index (κ1) is 7.21. The minimum absolute atomic E-state index is 0.870. The molecule has 0 aliphatic carbocycles. The Labute approximate surface area is 50.3 Å². The molecule has 0 aliphatic rings. The molecule has 0 heterocycles. The molecular formula is C6H12N2. The van der Waals surface area contributed by atoms with Crippen LogP contribution in [0.4, 0.5) is 0 Å². The van der Waals surface area contributed by atoms with Crippen molar-refractivity contribution in [3.05, 3.63) is 12.3 Å². The molecule has 0 unspecified atom stereocenters. The quantitative estimate of drug-likeness (QED) is 0.537. The van der Waals surface area contributed by atoms with Gasteiger partial charge in [-0.1, -0.05) is 6.58 Å². The average molecular weight is 112 g/mol. The van der Waals surface area contributed by atoms with Gasteiger partial charge in [-0.2, -0.15) is 0 Å². The molecule has 0 saturated heterocycles. The lowest BCUT2D eigenvalue weighted by molar-refractivity contribution is 0.898. The van der Waals surface area contributed by atoms with E-state index in [0.29, 0.717) is 0 Å². The fourth-order valence-corrected chi connectivity index (χ4v) is 0.429. The summed E-state index contributed by atoms with van der Waals surface area (Å²) in [6.45, 7) is 6.60. The van der Waals surface area contributed by atoms with Gasteiger partial charge in [-0.05, 0) is 6.92 Å². The van der Waals surface area contributed by atoms with Crippen molar-refractivity contribution in [1.82, 2.24) is 5.32 Å². The standard InChI is InChI=1S/C6H12N2/c1-4-8-6(2)5-7-3/h5,8H,2,4H2,1,3H3/b7-5-. The lowest BCUT2D eigenvalue weighted by atomic mass is 10.5. The van der Waals surface area contributed by atoms with E-state index in [4.69, 9.17) is 0 Å². The first-order valence-electron chi connectivity index (χ1n) is 2.66. The molecule has 0 aromatic carbocycles. The average Bonchev–Trinajstić information content (AvgIpc) is 1.68. The summed E-state index contributed by atoms with van der Waals surface area (Å²) >= 11 is 0. The fraction of sp³-hybridized carbons (Fsp3) is 0.500. The van der Waals surface area contributed by atoms with Crippen LogP contribution in [-0.4, -0.2) is 19.8 Å². The number of hydrogen-bond donors (Lipinski definition) is 1. The Hall–Kier alpha value is -0.790. The summed E-state index contributed by atoms with van der Waals surface area (Å²) in [4.78, 5) is 3.77. The molecule has 0 atom stereocenters. The maximum atomic E-state index is 3.77. The Balaban J connectivity index is 3.33. The number of nitrogens with one attached hydrogen (secondary N) is 1. The number of hydrogen-bond acceptors (Lipinski definition) is 2. The molecule has 1 N–H and O–H groups in total. The zero-order valence-electron chi connectivity index (χ0n) is 5.44. The molecule has 0 aromatic heterocycles. The summed E-state index contributed by atoms with van der Waals surface area (Å²) in [6, 6.07) is 0. The maximum absolute atomic E-state index is 3.77. The van der Waals surface area contributed by atoms with Crippen LogP contribution >= 0.6 is 0 Å². The van der Waals surface area contributed by atoms with E-state index >= 15 is 0 Å². The van der Waals surface area contributed by atoms with Gasteiger partial charge < -0.3 is 5.32 Å². The Morgan fingerprint density at radius 3 is 2.88 bits per heavy atom. The van der Waals surface area contributed by atoms with Gasteiger partial charge in [0.15, 0.2) is 0 Å². The fourth-order valence-electron chi connectivity index (χ4n) is 0.429. The van der Waals surface area contributed by atoms with Crippen LogP contribution in [0, 0.1) is 0 Å². The molecule has 2 heteroatoms. The van der Waals surface area contributed by atoms with E-state index in [9.17, 15) is 0 Å². The summed E-state index contributed by atoms with van der Waals surface area (Å²) in [5, 5.41) is 3.00. The van der Waals surface area contributed by atoms with Crippen LogP contribution in [0.5, 0.6) is 0 Å². The number of rotatable bonds is 3. The molecule has 0 bridgehead atoms. The van der Waals surface area contributed by atoms with Crippen LogP contribution in [0.2, 0.25) is 0 Å². The van der Waals surface area contributed by atoms with Gasteiger partial charge in [0.25, 0.3) is 0 Å². The van der Waals surface area contributed by atoms with E-state index in [1.165, 1.54) is 0 Å². The number of allylic oxidation sites excluding steroid dienone is 1. The maximum Gasteiger partial charge on any atom is 0.0448 e.